The van der Waals surface area contributed by atoms with Gasteiger partial charge in [-0.25, -0.2) is 8.42 Å². The molecule has 0 heterocycles. The lowest BCUT2D eigenvalue weighted by molar-refractivity contribution is 0.381. The molecule has 0 saturated heterocycles. The summed E-state index contributed by atoms with van der Waals surface area (Å²) in [4.78, 5) is 0. The van der Waals surface area contributed by atoms with E-state index in [9.17, 15) is 8.42 Å². The average molecular weight is 243 g/mol. The zero-order valence-electron chi connectivity index (χ0n) is 9.98. The fourth-order valence-electron chi connectivity index (χ4n) is 2.38. The monoisotopic (exact) mass is 243 g/mol. The van der Waals surface area contributed by atoms with Gasteiger partial charge in [-0.2, -0.15) is 5.26 Å². The van der Waals surface area contributed by atoms with Crippen molar-refractivity contribution in [2.45, 2.75) is 57.1 Å². The Balaban J connectivity index is 2.41. The highest BCUT2D eigenvalue weighted by atomic mass is 32.2. The van der Waals surface area contributed by atoms with E-state index in [-0.39, 0.29) is 11.0 Å². The van der Waals surface area contributed by atoms with Crippen LogP contribution >= 0.6 is 0 Å². The van der Waals surface area contributed by atoms with E-state index in [4.69, 9.17) is 5.26 Å². The smallest absolute Gasteiger partial charge is 0.153 e. The molecule has 16 heavy (non-hydrogen) atoms. The number of hydrogen-bond donors (Lipinski definition) is 0. The number of sulfone groups is 1. The van der Waals surface area contributed by atoms with Crippen molar-refractivity contribution in [3.63, 3.8) is 0 Å². The maximum absolute atomic E-state index is 12.0. The van der Waals surface area contributed by atoms with E-state index in [1.807, 2.05) is 6.07 Å². The average Bonchev–Trinajstić information content (AvgIpc) is 2.24. The molecule has 3 nitrogen and oxygen atoms in total. The van der Waals surface area contributed by atoms with Gasteiger partial charge in [0.1, 0.15) is 0 Å². The van der Waals surface area contributed by atoms with Crippen LogP contribution in [0.15, 0.2) is 0 Å². The standard InChI is InChI=1S/C12H21NO2S/c1-11-6-5-7-12(10-11)16(14,15)9-4-2-3-8-13/h11-12H,2-7,9-10H2,1H3. The molecule has 0 N–H and O–H groups in total. The summed E-state index contributed by atoms with van der Waals surface area (Å²) in [7, 11) is -2.91. The molecule has 1 rings (SSSR count). The summed E-state index contributed by atoms with van der Waals surface area (Å²) in [6.07, 6.45) is 5.70. The Kier molecular flexibility index (Phi) is 5.27. The Morgan fingerprint density at radius 3 is 2.69 bits per heavy atom. The van der Waals surface area contributed by atoms with Gasteiger partial charge in [-0.05, 0) is 31.6 Å². The molecule has 0 aromatic rings. The number of nitrogens with zero attached hydrogens (tertiary/aromatic N) is 1. The van der Waals surface area contributed by atoms with Crippen molar-refractivity contribution in [2.75, 3.05) is 5.75 Å². The van der Waals surface area contributed by atoms with E-state index >= 15 is 0 Å². The Labute approximate surface area is 98.8 Å². The van der Waals surface area contributed by atoms with Crippen molar-refractivity contribution < 1.29 is 8.42 Å². The van der Waals surface area contributed by atoms with Crippen molar-refractivity contribution in [3.8, 4) is 6.07 Å². The van der Waals surface area contributed by atoms with E-state index in [1.165, 1.54) is 6.42 Å². The molecule has 0 radical (unpaired) electrons. The lowest BCUT2D eigenvalue weighted by atomic mass is 9.91. The van der Waals surface area contributed by atoms with E-state index in [1.54, 1.807) is 0 Å². The van der Waals surface area contributed by atoms with Crippen molar-refractivity contribution in [1.82, 2.24) is 0 Å². The first-order chi connectivity index (χ1) is 7.56. The molecule has 0 aliphatic heterocycles. The molecule has 0 bridgehead atoms. The second-order valence-corrected chi connectivity index (χ2v) is 7.28. The van der Waals surface area contributed by atoms with E-state index < -0.39 is 9.84 Å². The van der Waals surface area contributed by atoms with Crippen LogP contribution in [0.1, 0.15) is 51.9 Å². The zero-order valence-corrected chi connectivity index (χ0v) is 10.8. The molecule has 0 amide bonds. The molecule has 1 fully saturated rings. The Morgan fingerprint density at radius 1 is 1.31 bits per heavy atom. The number of rotatable bonds is 5. The van der Waals surface area contributed by atoms with E-state index in [2.05, 4.69) is 6.92 Å². The maximum Gasteiger partial charge on any atom is 0.153 e. The van der Waals surface area contributed by atoms with Gasteiger partial charge < -0.3 is 0 Å². The van der Waals surface area contributed by atoms with Gasteiger partial charge in [0, 0.05) is 6.42 Å². The largest absolute Gasteiger partial charge is 0.229 e. The molecule has 0 aromatic carbocycles. The van der Waals surface area contributed by atoms with E-state index in [0.717, 1.165) is 19.3 Å². The lowest BCUT2D eigenvalue weighted by Gasteiger charge is -2.26. The molecule has 0 aromatic heterocycles. The first kappa shape index (κ1) is 13.5. The van der Waals surface area contributed by atoms with Gasteiger partial charge in [0.15, 0.2) is 9.84 Å². The molecule has 92 valence electrons. The second-order valence-electron chi connectivity index (χ2n) is 4.88. The Hall–Kier alpha value is -0.560. The van der Waals surface area contributed by atoms with Crippen molar-refractivity contribution in [3.05, 3.63) is 0 Å². The summed E-state index contributed by atoms with van der Waals surface area (Å²) in [6.45, 7) is 2.14. The maximum atomic E-state index is 12.0. The Morgan fingerprint density at radius 2 is 2.06 bits per heavy atom. The van der Waals surface area contributed by atoms with Crippen molar-refractivity contribution in [2.24, 2.45) is 5.92 Å². The van der Waals surface area contributed by atoms with Crippen LogP contribution in [0.25, 0.3) is 0 Å². The first-order valence-corrected chi connectivity index (χ1v) is 7.86. The fourth-order valence-corrected chi connectivity index (χ4v) is 4.47. The van der Waals surface area contributed by atoms with Crippen LogP contribution in [0.2, 0.25) is 0 Å². The molecule has 2 unspecified atom stereocenters. The number of nitriles is 1. The van der Waals surface area contributed by atoms with Gasteiger partial charge in [0.05, 0.1) is 17.1 Å². The van der Waals surface area contributed by atoms with Crippen LogP contribution in [0, 0.1) is 17.2 Å². The van der Waals surface area contributed by atoms with Crippen LogP contribution in [0.4, 0.5) is 0 Å². The summed E-state index contributed by atoms with van der Waals surface area (Å²) in [5, 5.41) is 8.27. The molecule has 4 heteroatoms. The van der Waals surface area contributed by atoms with Gasteiger partial charge in [-0.15, -0.1) is 0 Å². The first-order valence-electron chi connectivity index (χ1n) is 6.15. The summed E-state index contributed by atoms with van der Waals surface area (Å²) in [6, 6.07) is 2.05. The topological polar surface area (TPSA) is 57.9 Å². The molecule has 0 spiro atoms. The van der Waals surface area contributed by atoms with Gasteiger partial charge >= 0.3 is 0 Å². The van der Waals surface area contributed by atoms with Crippen LogP contribution in [0.3, 0.4) is 0 Å². The van der Waals surface area contributed by atoms with Crippen LogP contribution in [0.5, 0.6) is 0 Å². The van der Waals surface area contributed by atoms with Crippen LogP contribution < -0.4 is 0 Å². The van der Waals surface area contributed by atoms with Crippen LogP contribution in [-0.4, -0.2) is 19.4 Å². The van der Waals surface area contributed by atoms with Crippen molar-refractivity contribution in [1.29, 1.82) is 5.26 Å². The highest BCUT2D eigenvalue weighted by Crippen LogP contribution is 2.29. The summed E-state index contributed by atoms with van der Waals surface area (Å²) < 4.78 is 24.0. The SMILES string of the molecule is CC1CCCC(S(=O)(=O)CCCCC#N)C1. The molecule has 2 atom stereocenters. The normalized spacial score (nSPS) is 26.2. The molecule has 1 saturated carbocycles. The third-order valence-corrected chi connectivity index (χ3v) is 5.67. The highest BCUT2D eigenvalue weighted by Gasteiger charge is 2.29. The third-order valence-electron chi connectivity index (χ3n) is 3.36. The highest BCUT2D eigenvalue weighted by molar-refractivity contribution is 7.92. The van der Waals surface area contributed by atoms with Crippen molar-refractivity contribution >= 4 is 9.84 Å². The van der Waals surface area contributed by atoms with Gasteiger partial charge in [0.2, 0.25) is 0 Å². The predicted molar refractivity (Wildman–Crippen MR) is 64.7 cm³/mol. The molecule has 1 aliphatic rings. The summed E-state index contributed by atoms with van der Waals surface area (Å²) in [5.74, 6) is 0.819. The minimum absolute atomic E-state index is 0.113. The summed E-state index contributed by atoms with van der Waals surface area (Å²) in [5.41, 5.74) is 0. The quantitative estimate of drug-likeness (QED) is 0.697. The molecular weight excluding hydrogens is 222 g/mol. The van der Waals surface area contributed by atoms with Gasteiger partial charge in [-0.1, -0.05) is 19.8 Å². The van der Waals surface area contributed by atoms with Gasteiger partial charge in [-0.3, -0.25) is 0 Å². The summed E-state index contributed by atoms with van der Waals surface area (Å²) >= 11 is 0. The third kappa shape index (κ3) is 4.13. The number of unbranched alkanes of at least 4 members (excludes halogenated alkanes) is 2. The number of hydrogen-bond acceptors (Lipinski definition) is 3. The minimum atomic E-state index is -2.91. The van der Waals surface area contributed by atoms with Gasteiger partial charge in [0.25, 0.3) is 0 Å². The minimum Gasteiger partial charge on any atom is -0.229 e. The Bertz CT molecular complexity index is 343. The van der Waals surface area contributed by atoms with E-state index in [0.29, 0.717) is 25.2 Å². The molecule has 1 aliphatic carbocycles. The fraction of sp³-hybridized carbons (Fsp3) is 0.917. The van der Waals surface area contributed by atoms with Crippen LogP contribution in [-0.2, 0) is 9.84 Å². The predicted octanol–water partition coefficient (Wildman–Crippen LogP) is 2.67. The molecular formula is C12H21NO2S. The lowest BCUT2D eigenvalue weighted by Crippen LogP contribution is -2.29. The zero-order chi connectivity index (χ0) is 12.0. The second kappa shape index (κ2) is 6.24.